The Labute approximate surface area is 131 Å². The van der Waals surface area contributed by atoms with Gasteiger partial charge in [0.05, 0.1) is 18.1 Å². The Morgan fingerprint density at radius 1 is 0.955 bits per heavy atom. The van der Waals surface area contributed by atoms with Gasteiger partial charge in [-0.05, 0) is 30.0 Å². The van der Waals surface area contributed by atoms with Crippen LogP contribution in [0.2, 0.25) is 0 Å². The fourth-order valence-corrected chi connectivity index (χ4v) is 3.46. The molecular formula is C19H21N3. The molecule has 2 unspecified atom stereocenters. The van der Waals surface area contributed by atoms with Gasteiger partial charge in [-0.1, -0.05) is 54.6 Å². The largest absolute Gasteiger partial charge is 0.368 e. The molecule has 2 aliphatic rings. The standard InChI is InChI=1S/C19H21N3/c1-13-18(14-7-3-2-4-8-14)22-19(21-13)17-11-15-9-5-6-10-16(15)12-20-17/h2-10,13,17-18,20H,11-12H2,1H3,(H,21,22)/t13?,17-,18?/m0/s1. The van der Waals surface area contributed by atoms with E-state index in [1.807, 2.05) is 0 Å². The molecule has 0 radical (unpaired) electrons. The molecule has 2 heterocycles. The lowest BCUT2D eigenvalue weighted by Gasteiger charge is -2.26. The lowest BCUT2D eigenvalue weighted by Crippen LogP contribution is -2.47. The Hall–Kier alpha value is -2.13. The Morgan fingerprint density at radius 3 is 2.50 bits per heavy atom. The summed E-state index contributed by atoms with van der Waals surface area (Å²) in [6, 6.07) is 20.1. The summed E-state index contributed by atoms with van der Waals surface area (Å²) >= 11 is 0. The van der Waals surface area contributed by atoms with Crippen molar-refractivity contribution in [3.05, 3.63) is 71.3 Å². The number of aliphatic imine (C=N–C) groups is 1. The van der Waals surface area contributed by atoms with Gasteiger partial charge in [-0.25, -0.2) is 0 Å². The van der Waals surface area contributed by atoms with E-state index in [-0.39, 0.29) is 6.04 Å². The third-order valence-corrected chi connectivity index (χ3v) is 4.68. The highest BCUT2D eigenvalue weighted by Crippen LogP contribution is 2.27. The van der Waals surface area contributed by atoms with Crippen molar-refractivity contribution < 1.29 is 0 Å². The van der Waals surface area contributed by atoms with Crippen LogP contribution in [0, 0.1) is 0 Å². The summed E-state index contributed by atoms with van der Waals surface area (Å²) in [4.78, 5) is 4.98. The summed E-state index contributed by atoms with van der Waals surface area (Å²) in [5, 5.41) is 7.21. The summed E-state index contributed by atoms with van der Waals surface area (Å²) in [7, 11) is 0. The van der Waals surface area contributed by atoms with Crippen LogP contribution >= 0.6 is 0 Å². The molecule has 3 atom stereocenters. The van der Waals surface area contributed by atoms with Crippen molar-refractivity contribution in [3.63, 3.8) is 0 Å². The van der Waals surface area contributed by atoms with Crippen LogP contribution in [0.25, 0.3) is 0 Å². The predicted octanol–water partition coefficient (Wildman–Crippen LogP) is 2.83. The minimum atomic E-state index is 0.218. The maximum absolute atomic E-state index is 4.98. The van der Waals surface area contributed by atoms with Gasteiger partial charge in [-0.15, -0.1) is 0 Å². The summed E-state index contributed by atoms with van der Waals surface area (Å²) in [6.45, 7) is 3.14. The minimum absolute atomic E-state index is 0.218. The number of hydrogen-bond acceptors (Lipinski definition) is 3. The van der Waals surface area contributed by atoms with Gasteiger partial charge in [-0.3, -0.25) is 4.99 Å². The second kappa shape index (κ2) is 5.58. The maximum atomic E-state index is 4.98. The SMILES string of the molecule is CC1NC([C@@H]2Cc3ccccc3CN2)=NC1c1ccccc1. The van der Waals surface area contributed by atoms with Gasteiger partial charge in [0.15, 0.2) is 0 Å². The highest BCUT2D eigenvalue weighted by Gasteiger charge is 2.31. The zero-order valence-corrected chi connectivity index (χ0v) is 12.8. The van der Waals surface area contributed by atoms with Crippen molar-refractivity contribution >= 4 is 5.84 Å². The van der Waals surface area contributed by atoms with E-state index < -0.39 is 0 Å². The second-order valence-electron chi connectivity index (χ2n) is 6.21. The fourth-order valence-electron chi connectivity index (χ4n) is 3.46. The van der Waals surface area contributed by atoms with E-state index in [1.54, 1.807) is 0 Å². The molecule has 22 heavy (non-hydrogen) atoms. The van der Waals surface area contributed by atoms with Crippen LogP contribution in [-0.2, 0) is 13.0 Å². The zero-order chi connectivity index (χ0) is 14.9. The number of fused-ring (bicyclic) bond motifs is 1. The second-order valence-corrected chi connectivity index (χ2v) is 6.21. The van der Waals surface area contributed by atoms with Gasteiger partial charge >= 0.3 is 0 Å². The molecule has 2 N–H and O–H groups in total. The molecule has 0 spiro atoms. The molecule has 0 bridgehead atoms. The van der Waals surface area contributed by atoms with Crippen molar-refractivity contribution in [3.8, 4) is 0 Å². The van der Waals surface area contributed by atoms with Crippen LogP contribution in [0.5, 0.6) is 0 Å². The third-order valence-electron chi connectivity index (χ3n) is 4.68. The quantitative estimate of drug-likeness (QED) is 0.892. The molecule has 0 aliphatic carbocycles. The Kier molecular flexibility index (Phi) is 3.43. The molecule has 2 aromatic carbocycles. The van der Waals surface area contributed by atoms with Crippen LogP contribution in [0.15, 0.2) is 59.6 Å². The van der Waals surface area contributed by atoms with Crippen molar-refractivity contribution in [1.29, 1.82) is 0 Å². The van der Waals surface area contributed by atoms with E-state index in [0.29, 0.717) is 12.1 Å². The molecule has 0 saturated carbocycles. The number of benzene rings is 2. The first-order chi connectivity index (χ1) is 10.8. The predicted molar refractivity (Wildman–Crippen MR) is 90.0 cm³/mol. The van der Waals surface area contributed by atoms with Crippen molar-refractivity contribution in [2.75, 3.05) is 0 Å². The number of amidine groups is 1. The Morgan fingerprint density at radius 2 is 1.68 bits per heavy atom. The number of nitrogens with zero attached hydrogens (tertiary/aromatic N) is 1. The highest BCUT2D eigenvalue weighted by atomic mass is 15.2. The zero-order valence-electron chi connectivity index (χ0n) is 12.8. The molecule has 2 aliphatic heterocycles. The molecule has 3 nitrogen and oxygen atoms in total. The van der Waals surface area contributed by atoms with E-state index in [9.17, 15) is 0 Å². The van der Waals surface area contributed by atoms with Crippen LogP contribution in [0.4, 0.5) is 0 Å². The third kappa shape index (κ3) is 2.42. The lowest BCUT2D eigenvalue weighted by atomic mass is 9.95. The van der Waals surface area contributed by atoms with Crippen LogP contribution < -0.4 is 10.6 Å². The number of rotatable bonds is 2. The van der Waals surface area contributed by atoms with Gasteiger partial charge in [-0.2, -0.15) is 0 Å². The van der Waals surface area contributed by atoms with Crippen LogP contribution in [0.1, 0.15) is 29.7 Å². The highest BCUT2D eigenvalue weighted by molar-refractivity contribution is 5.90. The van der Waals surface area contributed by atoms with E-state index in [0.717, 1.165) is 18.8 Å². The van der Waals surface area contributed by atoms with E-state index in [2.05, 4.69) is 72.2 Å². The summed E-state index contributed by atoms with van der Waals surface area (Å²) < 4.78 is 0. The van der Waals surface area contributed by atoms with Gasteiger partial charge in [0.1, 0.15) is 5.84 Å². The van der Waals surface area contributed by atoms with E-state index >= 15 is 0 Å². The van der Waals surface area contributed by atoms with Crippen molar-refractivity contribution in [1.82, 2.24) is 10.6 Å². The first-order valence-corrected chi connectivity index (χ1v) is 8.00. The molecule has 0 aromatic heterocycles. The van der Waals surface area contributed by atoms with E-state index in [4.69, 9.17) is 4.99 Å². The molecule has 0 amide bonds. The van der Waals surface area contributed by atoms with E-state index in [1.165, 1.54) is 16.7 Å². The van der Waals surface area contributed by atoms with Gasteiger partial charge < -0.3 is 10.6 Å². The first-order valence-electron chi connectivity index (χ1n) is 8.00. The Bertz CT molecular complexity index is 693. The topological polar surface area (TPSA) is 36.4 Å². The molecule has 0 fully saturated rings. The minimum Gasteiger partial charge on any atom is -0.368 e. The summed E-state index contributed by atoms with van der Waals surface area (Å²) in [6.07, 6.45) is 1.01. The van der Waals surface area contributed by atoms with Gasteiger partial charge in [0.2, 0.25) is 0 Å². The van der Waals surface area contributed by atoms with Crippen LogP contribution in [-0.4, -0.2) is 17.9 Å². The number of nitrogens with one attached hydrogen (secondary N) is 2. The van der Waals surface area contributed by atoms with Gasteiger partial charge in [0.25, 0.3) is 0 Å². The molecule has 3 heteroatoms. The molecule has 2 aromatic rings. The molecule has 112 valence electrons. The monoisotopic (exact) mass is 291 g/mol. The summed E-state index contributed by atoms with van der Waals surface area (Å²) in [5.74, 6) is 1.11. The van der Waals surface area contributed by atoms with Crippen molar-refractivity contribution in [2.24, 2.45) is 4.99 Å². The fraction of sp³-hybridized carbons (Fsp3) is 0.316. The normalized spacial score (nSPS) is 27.0. The number of hydrogen-bond donors (Lipinski definition) is 2. The average Bonchev–Trinajstić information content (AvgIpc) is 2.97. The smallest absolute Gasteiger partial charge is 0.115 e. The van der Waals surface area contributed by atoms with Crippen LogP contribution in [0.3, 0.4) is 0 Å². The first kappa shape index (κ1) is 13.5. The van der Waals surface area contributed by atoms with Gasteiger partial charge in [0, 0.05) is 6.54 Å². The summed E-state index contributed by atoms with van der Waals surface area (Å²) in [5.41, 5.74) is 4.13. The average molecular weight is 291 g/mol. The molecule has 0 saturated heterocycles. The maximum Gasteiger partial charge on any atom is 0.115 e. The molecular weight excluding hydrogens is 270 g/mol. The Balaban J connectivity index is 1.57. The van der Waals surface area contributed by atoms with Crippen molar-refractivity contribution in [2.45, 2.75) is 38.0 Å². The molecule has 4 rings (SSSR count). The lowest BCUT2D eigenvalue weighted by molar-refractivity contribution is 0.556.